The molecule has 0 N–H and O–H groups in total. The Morgan fingerprint density at radius 2 is 2.10 bits per heavy atom. The number of Topliss-reactive ketones (excluding diaryl/α,β-unsaturated/α-hetero) is 1. The minimum atomic E-state index is 0.0591. The first-order valence-electron chi connectivity index (χ1n) is 7.37. The fourth-order valence-corrected chi connectivity index (χ4v) is 3.90. The molecule has 0 aliphatic heterocycles. The maximum atomic E-state index is 12.3. The third-order valence-corrected chi connectivity index (χ3v) is 4.93. The number of hydrogen-bond acceptors (Lipinski definition) is 3. The lowest BCUT2D eigenvalue weighted by molar-refractivity contribution is -0.125. The van der Waals surface area contributed by atoms with Gasteiger partial charge in [0, 0.05) is 19.4 Å². The molecular weight excluding hydrogens is 252 g/mol. The van der Waals surface area contributed by atoms with Crippen LogP contribution in [0.25, 0.3) is 0 Å². The number of aryl methyl sites for hydroxylation is 1. The molecule has 0 saturated heterocycles. The molecule has 108 valence electrons. The van der Waals surface area contributed by atoms with E-state index in [2.05, 4.69) is 25.1 Å². The zero-order valence-corrected chi connectivity index (χ0v) is 12.2. The molecule has 20 heavy (non-hydrogen) atoms. The van der Waals surface area contributed by atoms with Gasteiger partial charge in [-0.25, -0.2) is 0 Å². The van der Waals surface area contributed by atoms with Crippen LogP contribution in [-0.4, -0.2) is 26.3 Å². The molecule has 0 heterocycles. The Balaban J connectivity index is 1.78. The number of fused-ring (bicyclic) bond motifs is 2. The van der Waals surface area contributed by atoms with Gasteiger partial charge >= 0.3 is 0 Å². The van der Waals surface area contributed by atoms with Crippen LogP contribution >= 0.6 is 0 Å². The second kappa shape index (κ2) is 5.66. The number of methoxy groups -OCH3 is 1. The van der Waals surface area contributed by atoms with Gasteiger partial charge in [-0.2, -0.15) is 0 Å². The van der Waals surface area contributed by atoms with Crippen LogP contribution in [0, 0.1) is 24.7 Å². The van der Waals surface area contributed by atoms with E-state index in [0.717, 1.165) is 19.3 Å². The van der Waals surface area contributed by atoms with Crippen molar-refractivity contribution in [2.24, 2.45) is 17.8 Å². The van der Waals surface area contributed by atoms with Crippen LogP contribution in [0.15, 0.2) is 18.2 Å². The Kier molecular flexibility index (Phi) is 3.90. The Morgan fingerprint density at radius 3 is 2.90 bits per heavy atom. The number of ether oxygens (including phenoxy) is 2. The number of benzene rings is 1. The van der Waals surface area contributed by atoms with E-state index >= 15 is 0 Å². The Bertz CT molecular complexity index is 509. The van der Waals surface area contributed by atoms with E-state index in [0.29, 0.717) is 24.2 Å². The molecule has 1 aromatic rings. The lowest BCUT2D eigenvalue weighted by Gasteiger charge is -2.31. The summed E-state index contributed by atoms with van der Waals surface area (Å²) in [5, 5.41) is 0. The topological polar surface area (TPSA) is 35.5 Å². The molecule has 2 aliphatic rings. The van der Waals surface area contributed by atoms with Crippen molar-refractivity contribution in [2.45, 2.75) is 26.2 Å². The monoisotopic (exact) mass is 274 g/mol. The first-order valence-corrected chi connectivity index (χ1v) is 7.37. The molecule has 1 fully saturated rings. The Hall–Kier alpha value is -1.19. The standard InChI is InChI=1S/C17H22O3/c1-11-4-3-5-12-6-15-13(7-14(11)12)8-17(18)16(15)9-20-10-19-2/h3-5,13,15-16H,6-10H2,1-2H3/t13?,15-,16+/m0/s1. The summed E-state index contributed by atoms with van der Waals surface area (Å²) >= 11 is 0. The number of carbonyl (C=O) groups is 1. The number of ketones is 1. The molecule has 1 unspecified atom stereocenters. The quantitative estimate of drug-likeness (QED) is 0.625. The zero-order valence-electron chi connectivity index (χ0n) is 12.2. The third-order valence-electron chi connectivity index (χ3n) is 4.93. The highest BCUT2D eigenvalue weighted by molar-refractivity contribution is 5.84. The minimum Gasteiger partial charge on any atom is -0.359 e. The fourth-order valence-electron chi connectivity index (χ4n) is 3.90. The fraction of sp³-hybridized carbons (Fsp3) is 0.588. The summed E-state index contributed by atoms with van der Waals surface area (Å²) in [6.45, 7) is 2.96. The SMILES string of the molecule is COCOC[C@H]1C(=O)CC2Cc3c(C)cccc3C[C@@H]21. The normalized spacial score (nSPS) is 28.3. The summed E-state index contributed by atoms with van der Waals surface area (Å²) in [6, 6.07) is 6.52. The summed E-state index contributed by atoms with van der Waals surface area (Å²) in [7, 11) is 1.61. The minimum absolute atomic E-state index is 0.0591. The molecule has 3 atom stereocenters. The van der Waals surface area contributed by atoms with Crippen molar-refractivity contribution in [3.8, 4) is 0 Å². The zero-order chi connectivity index (χ0) is 14.1. The summed E-state index contributed by atoms with van der Waals surface area (Å²) in [4.78, 5) is 12.3. The first-order chi connectivity index (χ1) is 9.70. The van der Waals surface area contributed by atoms with E-state index in [1.54, 1.807) is 7.11 Å². The number of rotatable bonds is 4. The van der Waals surface area contributed by atoms with Crippen molar-refractivity contribution < 1.29 is 14.3 Å². The summed E-state index contributed by atoms with van der Waals surface area (Å²) in [5.74, 6) is 1.39. The van der Waals surface area contributed by atoms with Crippen LogP contribution in [0.2, 0.25) is 0 Å². The average Bonchev–Trinajstić information content (AvgIpc) is 2.73. The van der Waals surface area contributed by atoms with Gasteiger partial charge in [0.05, 0.1) is 6.61 Å². The lowest BCUT2D eigenvalue weighted by atomic mass is 9.74. The molecule has 1 aromatic carbocycles. The van der Waals surface area contributed by atoms with E-state index < -0.39 is 0 Å². The van der Waals surface area contributed by atoms with Crippen LogP contribution in [0.5, 0.6) is 0 Å². The molecule has 0 bridgehead atoms. The van der Waals surface area contributed by atoms with Crippen LogP contribution in [-0.2, 0) is 27.1 Å². The van der Waals surface area contributed by atoms with Gasteiger partial charge in [-0.05, 0) is 48.3 Å². The first kappa shape index (κ1) is 13.8. The van der Waals surface area contributed by atoms with E-state index in [-0.39, 0.29) is 12.7 Å². The molecule has 3 nitrogen and oxygen atoms in total. The van der Waals surface area contributed by atoms with Gasteiger partial charge in [0.15, 0.2) is 0 Å². The maximum Gasteiger partial charge on any atom is 0.146 e. The molecular formula is C17H22O3. The summed E-state index contributed by atoms with van der Waals surface area (Å²) in [5.41, 5.74) is 4.27. The highest BCUT2D eigenvalue weighted by Gasteiger charge is 2.44. The molecule has 0 radical (unpaired) electrons. The van der Waals surface area contributed by atoms with Gasteiger partial charge in [0.2, 0.25) is 0 Å². The summed E-state index contributed by atoms with van der Waals surface area (Å²) in [6.07, 6.45) is 2.80. The van der Waals surface area contributed by atoms with Crippen molar-refractivity contribution in [3.63, 3.8) is 0 Å². The van der Waals surface area contributed by atoms with Crippen molar-refractivity contribution in [2.75, 3.05) is 20.5 Å². The van der Waals surface area contributed by atoms with E-state index in [1.807, 2.05) is 0 Å². The van der Waals surface area contributed by atoms with Gasteiger partial charge in [-0.15, -0.1) is 0 Å². The van der Waals surface area contributed by atoms with Gasteiger partial charge in [-0.3, -0.25) is 4.79 Å². The van der Waals surface area contributed by atoms with E-state index in [9.17, 15) is 4.79 Å². The third kappa shape index (κ3) is 2.40. The van der Waals surface area contributed by atoms with Crippen molar-refractivity contribution in [1.82, 2.24) is 0 Å². The smallest absolute Gasteiger partial charge is 0.146 e. The van der Waals surface area contributed by atoms with Crippen LogP contribution in [0.3, 0.4) is 0 Å². The van der Waals surface area contributed by atoms with Crippen LogP contribution in [0.1, 0.15) is 23.1 Å². The lowest BCUT2D eigenvalue weighted by Crippen LogP contribution is -2.29. The molecule has 0 spiro atoms. The molecule has 0 aromatic heterocycles. The number of hydrogen-bond donors (Lipinski definition) is 0. The largest absolute Gasteiger partial charge is 0.359 e. The predicted molar refractivity (Wildman–Crippen MR) is 76.5 cm³/mol. The second-order valence-corrected chi connectivity index (χ2v) is 6.10. The van der Waals surface area contributed by atoms with Gasteiger partial charge < -0.3 is 9.47 Å². The highest BCUT2D eigenvalue weighted by atomic mass is 16.7. The molecule has 2 aliphatic carbocycles. The highest BCUT2D eigenvalue weighted by Crippen LogP contribution is 2.43. The van der Waals surface area contributed by atoms with Gasteiger partial charge in [-0.1, -0.05) is 18.2 Å². The van der Waals surface area contributed by atoms with Crippen LogP contribution in [0.4, 0.5) is 0 Å². The molecule has 3 heteroatoms. The van der Waals surface area contributed by atoms with Crippen molar-refractivity contribution >= 4 is 5.78 Å². The van der Waals surface area contributed by atoms with Crippen molar-refractivity contribution in [1.29, 1.82) is 0 Å². The average molecular weight is 274 g/mol. The molecule has 1 saturated carbocycles. The van der Waals surface area contributed by atoms with Gasteiger partial charge in [0.1, 0.15) is 12.6 Å². The molecule has 0 amide bonds. The second-order valence-electron chi connectivity index (χ2n) is 6.10. The molecule has 3 rings (SSSR count). The van der Waals surface area contributed by atoms with E-state index in [1.165, 1.54) is 16.7 Å². The van der Waals surface area contributed by atoms with Crippen molar-refractivity contribution in [3.05, 3.63) is 34.9 Å². The summed E-state index contributed by atoms with van der Waals surface area (Å²) < 4.78 is 10.4. The van der Waals surface area contributed by atoms with Crippen LogP contribution < -0.4 is 0 Å². The Morgan fingerprint density at radius 1 is 1.25 bits per heavy atom. The Labute approximate surface area is 120 Å². The maximum absolute atomic E-state index is 12.3. The van der Waals surface area contributed by atoms with E-state index in [4.69, 9.17) is 9.47 Å². The van der Waals surface area contributed by atoms with Gasteiger partial charge in [0.25, 0.3) is 0 Å². The number of carbonyl (C=O) groups excluding carboxylic acids is 1. The predicted octanol–water partition coefficient (Wildman–Crippen LogP) is 2.54.